The van der Waals surface area contributed by atoms with Crippen LogP contribution in [-0.4, -0.2) is 18.8 Å². The zero-order chi connectivity index (χ0) is 14.1. The fraction of sp³-hybridized carbons (Fsp3) is 0.462. The Balaban J connectivity index is 3.52. The number of hydrogen-bond donors (Lipinski definition) is 0. The van der Waals surface area contributed by atoms with Crippen molar-refractivity contribution in [1.29, 1.82) is 0 Å². The summed E-state index contributed by atoms with van der Waals surface area (Å²) >= 11 is 0. The van der Waals surface area contributed by atoms with Gasteiger partial charge in [0.2, 0.25) is 0 Å². The Bertz CT molecular complexity index is 491. The molecule has 1 aromatic rings. The number of aryl methyl sites for hydroxylation is 1. The van der Waals surface area contributed by atoms with Crippen LogP contribution in [0.5, 0.6) is 0 Å². The van der Waals surface area contributed by atoms with Gasteiger partial charge in [-0.15, -0.1) is 0 Å². The fourth-order valence-electron chi connectivity index (χ4n) is 2.39. The summed E-state index contributed by atoms with van der Waals surface area (Å²) in [6.45, 7) is 9.32. The summed E-state index contributed by atoms with van der Waals surface area (Å²) in [5.41, 5.74) is 0.733. The van der Waals surface area contributed by atoms with E-state index in [2.05, 4.69) is 25.7 Å². The van der Waals surface area contributed by atoms with Crippen LogP contribution >= 0.6 is 0 Å². The minimum Gasteiger partial charge on any atom is -0.300 e. The maximum absolute atomic E-state index is 11.9. The second-order valence-electron chi connectivity index (χ2n) is 5.57. The molecule has 1 radical (unpaired) electrons. The number of nitro groups is 1. The van der Waals surface area contributed by atoms with Gasteiger partial charge in [-0.1, -0.05) is 31.8 Å². The Kier molecular flexibility index (Phi) is 4.06. The Morgan fingerprint density at radius 3 is 2.39 bits per heavy atom. The third-order valence-corrected chi connectivity index (χ3v) is 5.41. The van der Waals surface area contributed by atoms with E-state index in [1.165, 1.54) is 6.92 Å². The van der Waals surface area contributed by atoms with Crippen molar-refractivity contribution in [3.05, 3.63) is 39.4 Å². The lowest BCUT2D eigenvalue weighted by molar-refractivity contribution is -0.386. The van der Waals surface area contributed by atoms with Crippen LogP contribution in [-0.2, 0) is 4.79 Å². The van der Waals surface area contributed by atoms with E-state index in [0.29, 0.717) is 11.1 Å². The zero-order valence-electron chi connectivity index (χ0n) is 11.4. The summed E-state index contributed by atoms with van der Waals surface area (Å²) in [7, 11) is -1.86. The lowest BCUT2D eigenvalue weighted by Crippen LogP contribution is -2.36. The van der Waals surface area contributed by atoms with Gasteiger partial charge in [0.15, 0.2) is 0 Å². The number of nitro benzene ring substituents is 1. The Morgan fingerprint density at radius 1 is 1.44 bits per heavy atom. The van der Waals surface area contributed by atoms with E-state index in [9.17, 15) is 14.9 Å². The molecule has 0 saturated carbocycles. The molecule has 0 bridgehead atoms. The van der Waals surface area contributed by atoms with Gasteiger partial charge in [-0.2, -0.15) is 0 Å². The molecule has 18 heavy (non-hydrogen) atoms. The van der Waals surface area contributed by atoms with Crippen LogP contribution in [0.2, 0.25) is 19.6 Å². The summed E-state index contributed by atoms with van der Waals surface area (Å²) in [5, 5.41) is 11.2. The number of carbonyl (C=O) groups is 1. The topological polar surface area (TPSA) is 60.2 Å². The van der Waals surface area contributed by atoms with E-state index in [1.807, 2.05) is 0 Å². The first-order valence-electron chi connectivity index (χ1n) is 5.82. The van der Waals surface area contributed by atoms with Gasteiger partial charge in [-0.25, -0.2) is 0 Å². The second kappa shape index (κ2) is 5.02. The molecule has 1 unspecified atom stereocenters. The summed E-state index contributed by atoms with van der Waals surface area (Å²) in [6, 6.07) is 6.15. The molecule has 0 aliphatic carbocycles. The van der Waals surface area contributed by atoms with E-state index < -0.39 is 13.0 Å². The van der Waals surface area contributed by atoms with Crippen molar-refractivity contribution < 1.29 is 9.72 Å². The minimum absolute atomic E-state index is 0.00265. The molecule has 1 rings (SSSR count). The lowest BCUT2D eigenvalue weighted by atomic mass is 10.0. The van der Waals surface area contributed by atoms with Crippen molar-refractivity contribution in [3.8, 4) is 0 Å². The highest BCUT2D eigenvalue weighted by atomic mass is 28.3. The normalized spacial score (nSPS) is 13.2. The molecule has 0 spiro atoms. The van der Waals surface area contributed by atoms with Crippen molar-refractivity contribution in [2.75, 3.05) is 0 Å². The number of hydrogen-bond acceptors (Lipinski definition) is 3. The van der Waals surface area contributed by atoms with Crippen LogP contribution in [0.25, 0.3) is 0 Å². The zero-order valence-corrected chi connectivity index (χ0v) is 12.4. The quantitative estimate of drug-likeness (QED) is 0.476. The number of nitrogens with zero attached hydrogens (tertiary/aromatic N) is 1. The van der Waals surface area contributed by atoms with Gasteiger partial charge >= 0.3 is 0 Å². The first-order chi connectivity index (χ1) is 8.16. The average molecular weight is 264 g/mol. The molecule has 0 fully saturated rings. The lowest BCUT2D eigenvalue weighted by Gasteiger charge is -2.27. The molecule has 4 nitrogen and oxygen atoms in total. The highest BCUT2D eigenvalue weighted by Gasteiger charge is 2.36. The SMILES string of the molecule is CC(=O)C(c1cc[c]c(C)c1[N+](=O)[O-])[Si](C)(C)C. The number of Topliss-reactive ketones (excluding diaryl/α,β-unsaturated/α-hetero) is 1. The molecule has 5 heteroatoms. The molecule has 97 valence electrons. The van der Waals surface area contributed by atoms with Gasteiger partial charge in [0, 0.05) is 16.7 Å². The van der Waals surface area contributed by atoms with Crippen LogP contribution in [0.3, 0.4) is 0 Å². The summed E-state index contributed by atoms with van der Waals surface area (Å²) in [4.78, 5) is 22.7. The predicted octanol–water partition coefficient (Wildman–Crippen LogP) is 3.25. The molecule has 0 aliphatic heterocycles. The van der Waals surface area contributed by atoms with Crippen molar-refractivity contribution in [1.82, 2.24) is 0 Å². The third kappa shape index (κ3) is 2.84. The van der Waals surface area contributed by atoms with Crippen molar-refractivity contribution in [2.45, 2.75) is 39.0 Å². The second-order valence-corrected chi connectivity index (χ2v) is 10.9. The summed E-state index contributed by atoms with van der Waals surface area (Å²) in [6.07, 6.45) is 0. The van der Waals surface area contributed by atoms with Crippen LogP contribution in [0.1, 0.15) is 23.6 Å². The highest BCUT2D eigenvalue weighted by molar-refractivity contribution is 6.80. The summed E-state index contributed by atoms with van der Waals surface area (Å²) in [5.74, 6) is 0.00265. The molecule has 0 heterocycles. The van der Waals surface area contributed by atoms with Crippen LogP contribution < -0.4 is 0 Å². The van der Waals surface area contributed by atoms with Gasteiger partial charge in [-0.05, 0) is 19.9 Å². The monoisotopic (exact) mass is 264 g/mol. The molecular weight excluding hydrogens is 246 g/mol. The van der Waals surface area contributed by atoms with E-state index >= 15 is 0 Å². The first-order valence-corrected chi connectivity index (χ1v) is 9.40. The van der Waals surface area contributed by atoms with E-state index in [0.717, 1.165) is 0 Å². The maximum Gasteiger partial charge on any atom is 0.276 e. The molecule has 0 saturated heterocycles. The van der Waals surface area contributed by atoms with Crippen LogP contribution in [0, 0.1) is 23.1 Å². The molecule has 1 atom stereocenters. The van der Waals surface area contributed by atoms with E-state index in [1.54, 1.807) is 19.1 Å². The third-order valence-electron chi connectivity index (χ3n) is 2.96. The predicted molar refractivity (Wildman–Crippen MR) is 73.4 cm³/mol. The number of carbonyl (C=O) groups excluding carboxylic acids is 1. The van der Waals surface area contributed by atoms with E-state index in [4.69, 9.17) is 0 Å². The Labute approximate surface area is 108 Å². The molecular formula is C13H18NO3Si. The van der Waals surface area contributed by atoms with Crippen molar-refractivity contribution in [2.24, 2.45) is 0 Å². The molecule has 1 aromatic carbocycles. The molecule has 0 aromatic heterocycles. The smallest absolute Gasteiger partial charge is 0.276 e. The number of benzene rings is 1. The Morgan fingerprint density at radius 2 is 2.00 bits per heavy atom. The van der Waals surface area contributed by atoms with E-state index in [-0.39, 0.29) is 17.0 Å². The van der Waals surface area contributed by atoms with Crippen LogP contribution in [0.15, 0.2) is 12.1 Å². The summed E-state index contributed by atoms with van der Waals surface area (Å²) < 4.78 is 0. The molecule has 0 N–H and O–H groups in total. The maximum atomic E-state index is 11.9. The molecule has 0 aliphatic rings. The number of rotatable bonds is 4. The standard InChI is InChI=1S/C13H18NO3Si/c1-9-7-6-8-11(12(9)14(16)17)13(10(2)15)18(3,4)5/h6,8,13H,1-5H3. The van der Waals surface area contributed by atoms with Gasteiger partial charge < -0.3 is 0 Å². The molecule has 0 amide bonds. The minimum atomic E-state index is -1.86. The first kappa shape index (κ1) is 14.6. The average Bonchev–Trinajstić information content (AvgIpc) is 2.13. The van der Waals surface area contributed by atoms with Crippen LogP contribution in [0.4, 0.5) is 5.69 Å². The van der Waals surface area contributed by atoms with Gasteiger partial charge in [0.25, 0.3) is 5.69 Å². The van der Waals surface area contributed by atoms with Gasteiger partial charge in [0.05, 0.1) is 13.0 Å². The Hall–Kier alpha value is -1.49. The highest BCUT2D eigenvalue weighted by Crippen LogP contribution is 2.35. The van der Waals surface area contributed by atoms with Gasteiger partial charge in [0.1, 0.15) is 5.78 Å². The number of ketones is 1. The largest absolute Gasteiger partial charge is 0.300 e. The van der Waals surface area contributed by atoms with Gasteiger partial charge in [-0.3, -0.25) is 14.9 Å². The van der Waals surface area contributed by atoms with Crippen molar-refractivity contribution in [3.63, 3.8) is 0 Å². The van der Waals surface area contributed by atoms with Crippen molar-refractivity contribution >= 4 is 19.5 Å². The fourth-order valence-corrected chi connectivity index (χ4v) is 4.78.